The number of allylic oxidation sites excluding steroid dienone is 3. The van der Waals surface area contributed by atoms with E-state index in [1.54, 1.807) is 0 Å². The summed E-state index contributed by atoms with van der Waals surface area (Å²) < 4.78 is 70.3. The number of fused-ring (bicyclic) bond motifs is 1. The number of imide groups is 1. The van der Waals surface area contributed by atoms with Crippen molar-refractivity contribution in [1.29, 1.82) is 0 Å². The summed E-state index contributed by atoms with van der Waals surface area (Å²) >= 11 is 13.3. The van der Waals surface area contributed by atoms with E-state index in [-0.39, 0.29) is 16.2 Å². The molecule has 3 atom stereocenters. The van der Waals surface area contributed by atoms with Crippen LogP contribution in [-0.4, -0.2) is 26.7 Å². The summed E-state index contributed by atoms with van der Waals surface area (Å²) in [5.41, 5.74) is -1.16. The third-order valence-corrected chi connectivity index (χ3v) is 7.27. The maximum absolute atomic E-state index is 14.5. The van der Waals surface area contributed by atoms with E-state index in [0.717, 1.165) is 0 Å². The summed E-state index contributed by atoms with van der Waals surface area (Å²) in [7, 11) is 0. The first-order valence-electron chi connectivity index (χ1n) is 9.31. The zero-order chi connectivity index (χ0) is 24.5. The molecule has 2 aromatic rings. The highest BCUT2D eigenvalue weighted by molar-refractivity contribution is 6.58. The predicted octanol–water partition coefficient (Wildman–Crippen LogP) is 5.22. The second-order valence-electron chi connectivity index (χ2n) is 7.51. The molecule has 4 nitrogen and oxygen atoms in total. The number of amides is 2. The average Bonchev–Trinajstić information content (AvgIpc) is 2.95. The van der Waals surface area contributed by atoms with Gasteiger partial charge in [-0.2, -0.15) is 0 Å². The van der Waals surface area contributed by atoms with Gasteiger partial charge in [0.25, 0.3) is 11.8 Å². The van der Waals surface area contributed by atoms with Gasteiger partial charge in [-0.25, -0.2) is 26.9 Å². The highest BCUT2D eigenvalue weighted by Gasteiger charge is 2.73. The molecule has 33 heavy (non-hydrogen) atoms. The van der Waals surface area contributed by atoms with Crippen LogP contribution in [0.1, 0.15) is 17.9 Å². The molecule has 2 aliphatic rings. The van der Waals surface area contributed by atoms with E-state index in [0.29, 0.717) is 5.57 Å². The maximum atomic E-state index is 14.5. The molecule has 2 aromatic carbocycles. The van der Waals surface area contributed by atoms with Crippen molar-refractivity contribution < 1.29 is 36.6 Å². The normalized spacial score (nSPS) is 26.9. The molecular formula is C22H12Cl2F5NO3. The number of nitrogens with zero attached hydrogens (tertiary/aromatic N) is 1. The van der Waals surface area contributed by atoms with Gasteiger partial charge in [0.1, 0.15) is 11.4 Å². The van der Waals surface area contributed by atoms with Gasteiger partial charge in [-0.1, -0.05) is 30.9 Å². The Kier molecular flexibility index (Phi) is 5.33. The van der Waals surface area contributed by atoms with Crippen molar-refractivity contribution in [1.82, 2.24) is 0 Å². The number of hydrogen-bond donors (Lipinski definition) is 1. The van der Waals surface area contributed by atoms with E-state index in [4.69, 9.17) is 23.2 Å². The number of aromatic hydroxyl groups is 1. The van der Waals surface area contributed by atoms with Crippen LogP contribution in [-0.2, 0) is 9.59 Å². The lowest BCUT2D eigenvalue weighted by Crippen LogP contribution is -2.54. The van der Waals surface area contributed by atoms with Gasteiger partial charge in [0, 0.05) is 5.92 Å². The Bertz CT molecular complexity index is 1240. The minimum atomic E-state index is -2.45. The third kappa shape index (κ3) is 2.88. The second-order valence-corrected chi connectivity index (χ2v) is 8.76. The lowest BCUT2D eigenvalue weighted by Gasteiger charge is -2.42. The fraction of sp³-hybridized carbons (Fsp3) is 0.182. The molecular weight excluding hydrogens is 492 g/mol. The minimum absolute atomic E-state index is 0.128. The Hall–Kier alpha value is -2.91. The van der Waals surface area contributed by atoms with Gasteiger partial charge >= 0.3 is 0 Å². The summed E-state index contributed by atoms with van der Waals surface area (Å²) in [6, 6.07) is 5.29. The predicted molar refractivity (Wildman–Crippen MR) is 110 cm³/mol. The lowest BCUT2D eigenvalue weighted by atomic mass is 9.68. The summed E-state index contributed by atoms with van der Waals surface area (Å²) in [6.45, 7) is 3.64. The number of phenolic OH excluding ortho intramolecular Hbond substituents is 1. The van der Waals surface area contributed by atoms with Crippen LogP contribution >= 0.6 is 23.2 Å². The van der Waals surface area contributed by atoms with Gasteiger partial charge in [-0.3, -0.25) is 9.59 Å². The maximum Gasteiger partial charge on any atom is 0.258 e. The summed E-state index contributed by atoms with van der Waals surface area (Å²) in [5, 5.41) is 9.59. The van der Waals surface area contributed by atoms with Gasteiger partial charge < -0.3 is 5.11 Å². The third-order valence-electron chi connectivity index (χ3n) is 5.86. The molecule has 1 N–H and O–H groups in total. The van der Waals surface area contributed by atoms with E-state index in [1.807, 2.05) is 0 Å². The Morgan fingerprint density at radius 2 is 1.45 bits per heavy atom. The molecule has 0 saturated carbocycles. The number of hydrogen-bond acceptors (Lipinski definition) is 3. The topological polar surface area (TPSA) is 57.6 Å². The summed E-state index contributed by atoms with van der Waals surface area (Å²) in [5.74, 6) is -16.2. The monoisotopic (exact) mass is 503 g/mol. The number of carbonyl (C=O) groups is 2. The molecule has 4 rings (SSSR count). The van der Waals surface area contributed by atoms with Crippen LogP contribution < -0.4 is 4.90 Å². The zero-order valence-corrected chi connectivity index (χ0v) is 17.8. The van der Waals surface area contributed by atoms with Gasteiger partial charge in [-0.05, 0) is 29.7 Å². The van der Waals surface area contributed by atoms with E-state index in [9.17, 15) is 36.6 Å². The van der Waals surface area contributed by atoms with Crippen LogP contribution in [0.4, 0.5) is 27.6 Å². The first-order valence-corrected chi connectivity index (χ1v) is 10.1. The van der Waals surface area contributed by atoms with Crippen molar-refractivity contribution >= 4 is 40.7 Å². The first kappa shape index (κ1) is 23.3. The number of carbonyl (C=O) groups excluding carboxylic acids is 2. The molecule has 0 aromatic heterocycles. The van der Waals surface area contributed by atoms with Crippen LogP contribution in [0.15, 0.2) is 48.6 Å². The van der Waals surface area contributed by atoms with Crippen LogP contribution in [0.2, 0.25) is 0 Å². The van der Waals surface area contributed by atoms with Crippen molar-refractivity contribution in [3.05, 3.63) is 83.2 Å². The molecule has 172 valence electrons. The second kappa shape index (κ2) is 7.56. The lowest BCUT2D eigenvalue weighted by molar-refractivity contribution is -0.122. The molecule has 3 unspecified atom stereocenters. The molecule has 0 radical (unpaired) electrons. The molecule has 0 bridgehead atoms. The zero-order valence-electron chi connectivity index (χ0n) is 16.3. The fourth-order valence-corrected chi connectivity index (χ4v) is 5.08. The smallest absolute Gasteiger partial charge is 0.258 e. The summed E-state index contributed by atoms with van der Waals surface area (Å²) in [4.78, 5) is 21.8. The van der Waals surface area contributed by atoms with Crippen LogP contribution in [0.25, 0.3) is 0 Å². The molecule has 1 aliphatic heterocycles. The van der Waals surface area contributed by atoms with E-state index in [2.05, 4.69) is 6.58 Å². The standard InChI is InChI=1S/C22H12Cl2F5NO3/c1-2-9-7-8-21(23)19(32)30(18-16(28)14(26)13(25)15(27)17(18)29)20(33)22(21,24)12(9)10-3-5-11(31)6-4-10/h2-7,12,31H,1,8H2. The molecule has 1 saturated heterocycles. The fourth-order valence-electron chi connectivity index (χ4n) is 4.23. The molecule has 0 spiro atoms. The van der Waals surface area contributed by atoms with Crippen molar-refractivity contribution in [2.24, 2.45) is 0 Å². The van der Waals surface area contributed by atoms with Crippen molar-refractivity contribution in [3.63, 3.8) is 0 Å². The van der Waals surface area contributed by atoms with Gasteiger partial charge in [0.05, 0.1) is 0 Å². The number of rotatable bonds is 3. The Labute approximate surface area is 193 Å². The first-order chi connectivity index (χ1) is 15.4. The van der Waals surface area contributed by atoms with E-state index < -0.39 is 68.7 Å². The quantitative estimate of drug-likeness (QED) is 0.205. The number of halogens is 7. The van der Waals surface area contributed by atoms with Crippen LogP contribution in [0.5, 0.6) is 5.75 Å². The number of alkyl halides is 2. The molecule has 1 fully saturated rings. The minimum Gasteiger partial charge on any atom is -0.508 e. The number of phenols is 1. The Balaban J connectivity index is 1.99. The van der Waals surface area contributed by atoms with E-state index >= 15 is 0 Å². The van der Waals surface area contributed by atoms with Gasteiger partial charge in [-0.15, -0.1) is 23.2 Å². The average molecular weight is 504 g/mol. The van der Waals surface area contributed by atoms with Gasteiger partial charge in [0.15, 0.2) is 33.0 Å². The largest absolute Gasteiger partial charge is 0.508 e. The van der Waals surface area contributed by atoms with Crippen molar-refractivity contribution in [3.8, 4) is 5.75 Å². The SMILES string of the molecule is C=CC1=CCC2(Cl)C(=O)N(c3c(F)c(F)c(F)c(F)c3F)C(=O)C2(Cl)C1c1ccc(O)cc1. The van der Waals surface area contributed by atoms with Crippen LogP contribution in [0.3, 0.4) is 0 Å². The number of benzene rings is 2. The van der Waals surface area contributed by atoms with Crippen molar-refractivity contribution in [2.45, 2.75) is 22.1 Å². The molecule has 1 heterocycles. The van der Waals surface area contributed by atoms with Crippen molar-refractivity contribution in [2.75, 3.05) is 4.90 Å². The molecule has 11 heteroatoms. The molecule has 1 aliphatic carbocycles. The molecule has 2 amide bonds. The Morgan fingerprint density at radius 1 is 0.939 bits per heavy atom. The van der Waals surface area contributed by atoms with Gasteiger partial charge in [0.2, 0.25) is 5.82 Å². The summed E-state index contributed by atoms with van der Waals surface area (Å²) in [6.07, 6.45) is 2.37. The highest BCUT2D eigenvalue weighted by atomic mass is 35.5. The Morgan fingerprint density at radius 3 is 1.97 bits per heavy atom. The van der Waals surface area contributed by atoms with E-state index in [1.165, 1.54) is 36.4 Å². The van der Waals surface area contributed by atoms with Crippen LogP contribution in [0, 0.1) is 29.1 Å². The number of anilines is 1. The highest BCUT2D eigenvalue weighted by Crippen LogP contribution is 2.60.